The van der Waals surface area contributed by atoms with Crippen molar-refractivity contribution < 1.29 is 9.53 Å². The highest BCUT2D eigenvalue weighted by Gasteiger charge is 2.13. The van der Waals surface area contributed by atoms with E-state index in [1.165, 1.54) is 17.4 Å². The Labute approximate surface area is 86.4 Å². The molecule has 76 valence electrons. The van der Waals surface area contributed by atoms with Gasteiger partial charge in [0, 0.05) is 5.38 Å². The van der Waals surface area contributed by atoms with Gasteiger partial charge in [-0.05, 0) is 6.92 Å². The highest BCUT2D eigenvalue weighted by molar-refractivity contribution is 7.09. The zero-order valence-electron chi connectivity index (χ0n) is 7.90. The van der Waals surface area contributed by atoms with Crippen LogP contribution in [0.25, 0.3) is 0 Å². The molecule has 0 saturated heterocycles. The molecule has 5 heteroatoms. The van der Waals surface area contributed by atoms with E-state index in [0.29, 0.717) is 5.69 Å². The van der Waals surface area contributed by atoms with Crippen LogP contribution >= 0.6 is 11.3 Å². The Kier molecular flexibility index (Phi) is 3.79. The molecule has 0 radical (unpaired) electrons. The lowest BCUT2D eigenvalue weighted by molar-refractivity contribution is 0.0543. The maximum absolute atomic E-state index is 11.3. The van der Waals surface area contributed by atoms with Gasteiger partial charge in [0.05, 0.1) is 6.04 Å². The van der Waals surface area contributed by atoms with Gasteiger partial charge in [-0.15, -0.1) is 11.3 Å². The van der Waals surface area contributed by atoms with Crippen LogP contribution in [0.1, 0.15) is 28.5 Å². The van der Waals surface area contributed by atoms with Gasteiger partial charge in [0.2, 0.25) is 0 Å². The quantitative estimate of drug-likeness (QED) is 0.607. The van der Waals surface area contributed by atoms with E-state index in [1.807, 2.05) is 6.92 Å². The summed E-state index contributed by atoms with van der Waals surface area (Å²) in [6, 6.07) is -0.152. The largest absolute Gasteiger partial charge is 0.457 e. The van der Waals surface area contributed by atoms with Crippen LogP contribution in [0.5, 0.6) is 0 Å². The van der Waals surface area contributed by atoms with Crippen molar-refractivity contribution in [3.05, 3.63) is 28.7 Å². The summed E-state index contributed by atoms with van der Waals surface area (Å²) in [5, 5.41) is 2.37. The molecule has 0 aliphatic rings. The summed E-state index contributed by atoms with van der Waals surface area (Å²) >= 11 is 1.36. The van der Waals surface area contributed by atoms with E-state index in [4.69, 9.17) is 10.5 Å². The second kappa shape index (κ2) is 4.88. The van der Waals surface area contributed by atoms with E-state index in [9.17, 15) is 4.79 Å². The third-order valence-electron chi connectivity index (χ3n) is 1.45. The summed E-state index contributed by atoms with van der Waals surface area (Å²) in [6.07, 6.45) is 1.51. The van der Waals surface area contributed by atoms with E-state index < -0.39 is 5.97 Å². The van der Waals surface area contributed by atoms with Crippen LogP contribution in [0, 0.1) is 0 Å². The number of hydrogen-bond donors (Lipinski definition) is 1. The molecule has 1 aromatic rings. The van der Waals surface area contributed by atoms with Crippen molar-refractivity contribution >= 4 is 17.3 Å². The molecular formula is C9H12N2O2S. The molecule has 2 N–H and O–H groups in total. The zero-order chi connectivity index (χ0) is 10.6. The van der Waals surface area contributed by atoms with Crippen LogP contribution < -0.4 is 5.73 Å². The van der Waals surface area contributed by atoms with Crippen molar-refractivity contribution in [3.63, 3.8) is 0 Å². The maximum atomic E-state index is 11.3. The van der Waals surface area contributed by atoms with Crippen molar-refractivity contribution in [1.82, 2.24) is 4.98 Å². The molecule has 0 spiro atoms. The normalized spacial score (nSPS) is 12.1. The number of carbonyl (C=O) groups excluding carboxylic acids is 1. The van der Waals surface area contributed by atoms with Gasteiger partial charge < -0.3 is 10.5 Å². The number of nitrogens with zero attached hydrogens (tertiary/aromatic N) is 1. The number of aromatic nitrogens is 1. The lowest BCUT2D eigenvalue weighted by Gasteiger charge is -1.98. The van der Waals surface area contributed by atoms with Gasteiger partial charge >= 0.3 is 5.97 Å². The number of ether oxygens (including phenoxy) is 1. The first kappa shape index (κ1) is 10.9. The predicted octanol–water partition coefficient (Wildman–Crippen LogP) is 1.51. The molecule has 0 fully saturated rings. The molecule has 0 aromatic carbocycles. The smallest absolute Gasteiger partial charge is 0.358 e. The minimum absolute atomic E-state index is 0.152. The second-order valence-corrected chi connectivity index (χ2v) is 3.64. The SMILES string of the molecule is C=CCOC(=O)c1csc([C@@H](C)N)n1. The van der Waals surface area contributed by atoms with Crippen LogP contribution in [0.15, 0.2) is 18.0 Å². The molecule has 14 heavy (non-hydrogen) atoms. The number of thiazole rings is 1. The third kappa shape index (κ3) is 2.65. The molecule has 0 aliphatic carbocycles. The Bertz CT molecular complexity index is 333. The number of nitrogens with two attached hydrogens (primary N) is 1. The Morgan fingerprint density at radius 2 is 2.64 bits per heavy atom. The number of carbonyl (C=O) groups is 1. The molecule has 0 unspecified atom stereocenters. The average molecular weight is 212 g/mol. The van der Waals surface area contributed by atoms with Crippen molar-refractivity contribution in [2.24, 2.45) is 5.73 Å². The lowest BCUT2D eigenvalue weighted by Crippen LogP contribution is -2.08. The molecule has 4 nitrogen and oxygen atoms in total. The molecule has 0 amide bonds. The van der Waals surface area contributed by atoms with E-state index in [-0.39, 0.29) is 12.6 Å². The lowest BCUT2D eigenvalue weighted by atomic mass is 10.4. The topological polar surface area (TPSA) is 65.2 Å². The molecule has 1 aromatic heterocycles. The van der Waals surface area contributed by atoms with Gasteiger partial charge in [-0.25, -0.2) is 9.78 Å². The highest BCUT2D eigenvalue weighted by Crippen LogP contribution is 2.16. The van der Waals surface area contributed by atoms with Gasteiger partial charge in [-0.1, -0.05) is 12.7 Å². The van der Waals surface area contributed by atoms with E-state index >= 15 is 0 Å². The van der Waals surface area contributed by atoms with Crippen LogP contribution in [0.4, 0.5) is 0 Å². The summed E-state index contributed by atoms with van der Waals surface area (Å²) in [6.45, 7) is 5.46. The Balaban J connectivity index is 2.66. The van der Waals surface area contributed by atoms with Gasteiger partial charge in [-0.3, -0.25) is 0 Å². The molecule has 0 saturated carbocycles. The zero-order valence-corrected chi connectivity index (χ0v) is 8.71. The average Bonchev–Trinajstić information content (AvgIpc) is 2.62. The Morgan fingerprint density at radius 3 is 3.14 bits per heavy atom. The first-order valence-corrected chi connectivity index (χ1v) is 5.02. The van der Waals surface area contributed by atoms with Gasteiger partial charge in [0.1, 0.15) is 11.6 Å². The first-order valence-electron chi connectivity index (χ1n) is 4.14. The fourth-order valence-electron chi connectivity index (χ4n) is 0.799. The Hall–Kier alpha value is -1.20. The van der Waals surface area contributed by atoms with Crippen LogP contribution in [0.3, 0.4) is 0 Å². The summed E-state index contributed by atoms with van der Waals surface area (Å²) in [4.78, 5) is 15.3. The van der Waals surface area contributed by atoms with Gasteiger partial charge in [0.15, 0.2) is 5.69 Å². The predicted molar refractivity (Wildman–Crippen MR) is 55.2 cm³/mol. The van der Waals surface area contributed by atoms with Crippen molar-refractivity contribution in [3.8, 4) is 0 Å². The van der Waals surface area contributed by atoms with E-state index in [0.717, 1.165) is 5.01 Å². The molecular weight excluding hydrogens is 200 g/mol. The van der Waals surface area contributed by atoms with Crippen molar-refractivity contribution in [1.29, 1.82) is 0 Å². The van der Waals surface area contributed by atoms with E-state index in [2.05, 4.69) is 11.6 Å². The first-order chi connectivity index (χ1) is 6.65. The molecule has 0 aliphatic heterocycles. The van der Waals surface area contributed by atoms with Crippen molar-refractivity contribution in [2.45, 2.75) is 13.0 Å². The van der Waals surface area contributed by atoms with Gasteiger partial charge in [0.25, 0.3) is 0 Å². The summed E-state index contributed by atoms with van der Waals surface area (Å²) < 4.78 is 4.82. The third-order valence-corrected chi connectivity index (χ3v) is 2.50. The van der Waals surface area contributed by atoms with Gasteiger partial charge in [-0.2, -0.15) is 0 Å². The summed E-state index contributed by atoms with van der Waals surface area (Å²) in [7, 11) is 0. The number of hydrogen-bond acceptors (Lipinski definition) is 5. The van der Waals surface area contributed by atoms with Crippen LogP contribution in [0.2, 0.25) is 0 Å². The van der Waals surface area contributed by atoms with Crippen molar-refractivity contribution in [2.75, 3.05) is 6.61 Å². The fourth-order valence-corrected chi connectivity index (χ4v) is 1.55. The molecule has 1 atom stereocenters. The standard InChI is InChI=1S/C9H12N2O2S/c1-3-4-13-9(12)7-5-14-8(11-7)6(2)10/h3,5-6H,1,4,10H2,2H3/t6-/m1/s1. The molecule has 1 heterocycles. The minimum Gasteiger partial charge on any atom is -0.457 e. The summed E-state index contributed by atoms with van der Waals surface area (Å²) in [5.74, 6) is -0.437. The minimum atomic E-state index is -0.437. The summed E-state index contributed by atoms with van der Waals surface area (Å²) in [5.41, 5.74) is 5.92. The Morgan fingerprint density at radius 1 is 1.93 bits per heavy atom. The van der Waals surface area contributed by atoms with Crippen LogP contribution in [-0.2, 0) is 4.74 Å². The number of esters is 1. The highest BCUT2D eigenvalue weighted by atomic mass is 32.1. The van der Waals surface area contributed by atoms with Crippen LogP contribution in [-0.4, -0.2) is 17.6 Å². The fraction of sp³-hybridized carbons (Fsp3) is 0.333. The second-order valence-electron chi connectivity index (χ2n) is 2.75. The number of rotatable bonds is 4. The molecule has 1 rings (SSSR count). The van der Waals surface area contributed by atoms with E-state index in [1.54, 1.807) is 5.38 Å². The maximum Gasteiger partial charge on any atom is 0.358 e. The molecule has 0 bridgehead atoms. The monoisotopic (exact) mass is 212 g/mol.